The molecular weight excluding hydrogens is 322 g/mol. The van der Waals surface area contributed by atoms with Crippen LogP contribution in [0.3, 0.4) is 0 Å². The number of hydrogen-bond acceptors (Lipinski definition) is 3. The molecule has 128 valence electrons. The lowest BCUT2D eigenvalue weighted by atomic mass is 10.2. The van der Waals surface area contributed by atoms with Crippen LogP contribution in [0.2, 0.25) is 0 Å². The van der Waals surface area contributed by atoms with Crippen molar-refractivity contribution < 1.29 is 8.42 Å². The first kappa shape index (κ1) is 16.9. The van der Waals surface area contributed by atoms with Crippen LogP contribution in [0.15, 0.2) is 47.5 Å². The Labute approximate surface area is 143 Å². The third-order valence-electron chi connectivity index (χ3n) is 4.16. The van der Waals surface area contributed by atoms with E-state index in [-0.39, 0.29) is 6.04 Å². The summed E-state index contributed by atoms with van der Waals surface area (Å²) in [6, 6.07) is 10.0. The molecule has 24 heavy (non-hydrogen) atoms. The SMILES string of the molecule is CCn1cc(S(=O)(=O)N(CC=Cc2ccccc2)C2CC2)c(C)n1. The molecule has 0 spiro atoms. The predicted octanol–water partition coefficient (Wildman–Crippen LogP) is 3.08. The van der Waals surface area contributed by atoms with Crippen LogP contribution in [-0.4, -0.2) is 35.1 Å². The summed E-state index contributed by atoms with van der Waals surface area (Å²) < 4.78 is 29.4. The van der Waals surface area contributed by atoms with E-state index in [4.69, 9.17) is 0 Å². The molecule has 0 atom stereocenters. The van der Waals surface area contributed by atoms with Crippen molar-refractivity contribution in [2.45, 2.75) is 44.2 Å². The molecule has 0 aliphatic heterocycles. The number of aryl methyl sites for hydroxylation is 2. The van der Waals surface area contributed by atoms with Crippen molar-refractivity contribution in [1.82, 2.24) is 14.1 Å². The van der Waals surface area contributed by atoms with Gasteiger partial charge in [-0.25, -0.2) is 8.42 Å². The molecule has 2 aromatic rings. The first-order valence-electron chi connectivity index (χ1n) is 8.30. The second-order valence-corrected chi connectivity index (χ2v) is 7.91. The van der Waals surface area contributed by atoms with E-state index in [1.165, 1.54) is 0 Å². The predicted molar refractivity (Wildman–Crippen MR) is 95.0 cm³/mol. The zero-order valence-electron chi connectivity index (χ0n) is 14.1. The van der Waals surface area contributed by atoms with Crippen LogP contribution in [0.4, 0.5) is 0 Å². The molecule has 1 heterocycles. The van der Waals surface area contributed by atoms with Gasteiger partial charge in [0.05, 0.1) is 5.69 Å². The maximum atomic E-state index is 13.0. The van der Waals surface area contributed by atoms with Gasteiger partial charge in [0.25, 0.3) is 0 Å². The van der Waals surface area contributed by atoms with Crippen LogP contribution in [0.5, 0.6) is 0 Å². The molecule has 1 aromatic heterocycles. The van der Waals surface area contributed by atoms with Gasteiger partial charge >= 0.3 is 0 Å². The number of hydrogen-bond donors (Lipinski definition) is 0. The lowest BCUT2D eigenvalue weighted by molar-refractivity contribution is 0.435. The molecule has 1 aliphatic carbocycles. The van der Waals surface area contributed by atoms with Gasteiger partial charge in [-0.2, -0.15) is 9.40 Å². The summed E-state index contributed by atoms with van der Waals surface area (Å²) in [7, 11) is -3.51. The normalized spacial score (nSPS) is 15.5. The Morgan fingerprint density at radius 1 is 1.29 bits per heavy atom. The van der Waals surface area contributed by atoms with Gasteiger partial charge in [-0.3, -0.25) is 4.68 Å². The third-order valence-corrected chi connectivity index (χ3v) is 6.18. The summed E-state index contributed by atoms with van der Waals surface area (Å²) in [4.78, 5) is 0.323. The lowest BCUT2D eigenvalue weighted by Gasteiger charge is -2.19. The van der Waals surface area contributed by atoms with E-state index in [1.807, 2.05) is 49.4 Å². The van der Waals surface area contributed by atoms with E-state index in [1.54, 1.807) is 22.1 Å². The second-order valence-electron chi connectivity index (χ2n) is 6.05. The molecule has 0 bridgehead atoms. The molecular formula is C18H23N3O2S. The molecule has 0 saturated heterocycles. The highest BCUT2D eigenvalue weighted by molar-refractivity contribution is 7.89. The topological polar surface area (TPSA) is 55.2 Å². The Hall–Kier alpha value is -1.92. The summed E-state index contributed by atoms with van der Waals surface area (Å²) in [5.41, 5.74) is 1.63. The summed E-state index contributed by atoms with van der Waals surface area (Å²) in [5.74, 6) is 0. The standard InChI is InChI=1S/C18H23N3O2S/c1-3-20-14-18(15(2)19-20)24(22,23)21(17-11-12-17)13-7-10-16-8-5-4-6-9-16/h4-10,14,17H,3,11-13H2,1-2H3. The Bertz CT molecular complexity index is 821. The molecule has 0 radical (unpaired) electrons. The number of rotatable bonds is 7. The number of nitrogens with zero attached hydrogens (tertiary/aromatic N) is 3. The molecule has 0 N–H and O–H groups in total. The van der Waals surface area contributed by atoms with Gasteiger partial charge in [-0.15, -0.1) is 0 Å². The van der Waals surface area contributed by atoms with Gasteiger partial charge in [-0.05, 0) is 32.3 Å². The average Bonchev–Trinajstić information content (AvgIpc) is 3.33. The number of aromatic nitrogens is 2. The monoisotopic (exact) mass is 345 g/mol. The van der Waals surface area contributed by atoms with Crippen molar-refractivity contribution in [2.24, 2.45) is 0 Å². The molecule has 1 aromatic carbocycles. The van der Waals surface area contributed by atoms with Gasteiger partial charge in [0.15, 0.2) is 0 Å². The highest BCUT2D eigenvalue weighted by Crippen LogP contribution is 2.32. The second kappa shape index (κ2) is 6.91. The minimum atomic E-state index is -3.51. The van der Waals surface area contributed by atoms with Crippen LogP contribution in [0.25, 0.3) is 6.08 Å². The van der Waals surface area contributed by atoms with Gasteiger partial charge in [0.1, 0.15) is 4.90 Å². The number of sulfonamides is 1. The number of benzene rings is 1. The third kappa shape index (κ3) is 3.60. The summed E-state index contributed by atoms with van der Waals surface area (Å²) in [5, 5.41) is 4.28. The summed E-state index contributed by atoms with van der Waals surface area (Å²) >= 11 is 0. The van der Waals surface area contributed by atoms with Crippen LogP contribution in [0, 0.1) is 6.92 Å². The maximum Gasteiger partial charge on any atom is 0.247 e. The largest absolute Gasteiger partial charge is 0.271 e. The van der Waals surface area contributed by atoms with Gasteiger partial charge < -0.3 is 0 Å². The van der Waals surface area contributed by atoms with E-state index < -0.39 is 10.0 Å². The fourth-order valence-electron chi connectivity index (χ4n) is 2.70. The van der Waals surface area contributed by atoms with Gasteiger partial charge in [0.2, 0.25) is 10.0 Å². The molecule has 1 fully saturated rings. The molecule has 0 amide bonds. The van der Waals surface area contributed by atoms with Crippen molar-refractivity contribution >= 4 is 16.1 Å². The van der Waals surface area contributed by atoms with Crippen molar-refractivity contribution in [1.29, 1.82) is 0 Å². The average molecular weight is 345 g/mol. The Kier molecular flexibility index (Phi) is 4.87. The lowest BCUT2D eigenvalue weighted by Crippen LogP contribution is -2.33. The smallest absolute Gasteiger partial charge is 0.247 e. The van der Waals surface area contributed by atoms with Gasteiger partial charge in [-0.1, -0.05) is 42.5 Å². The Morgan fingerprint density at radius 2 is 2.00 bits per heavy atom. The van der Waals surface area contributed by atoms with Crippen molar-refractivity contribution in [2.75, 3.05) is 6.54 Å². The van der Waals surface area contributed by atoms with E-state index >= 15 is 0 Å². The Balaban J connectivity index is 1.82. The van der Waals surface area contributed by atoms with Crippen LogP contribution in [0.1, 0.15) is 31.0 Å². The molecule has 0 unspecified atom stereocenters. The zero-order valence-corrected chi connectivity index (χ0v) is 14.9. The fraction of sp³-hybridized carbons (Fsp3) is 0.389. The van der Waals surface area contributed by atoms with E-state index in [9.17, 15) is 8.42 Å². The first-order chi connectivity index (χ1) is 11.5. The fourth-order valence-corrected chi connectivity index (χ4v) is 4.51. The van der Waals surface area contributed by atoms with Crippen LogP contribution >= 0.6 is 0 Å². The minimum Gasteiger partial charge on any atom is -0.271 e. The van der Waals surface area contributed by atoms with Crippen LogP contribution < -0.4 is 0 Å². The summed E-state index contributed by atoms with van der Waals surface area (Å²) in [6.07, 6.45) is 7.39. The quantitative estimate of drug-likeness (QED) is 0.775. The van der Waals surface area contributed by atoms with Crippen molar-refractivity contribution in [3.8, 4) is 0 Å². The highest BCUT2D eigenvalue weighted by atomic mass is 32.2. The zero-order chi connectivity index (χ0) is 17.2. The maximum absolute atomic E-state index is 13.0. The molecule has 6 heteroatoms. The van der Waals surface area contributed by atoms with Crippen molar-refractivity contribution in [3.63, 3.8) is 0 Å². The van der Waals surface area contributed by atoms with Crippen molar-refractivity contribution in [3.05, 3.63) is 53.9 Å². The highest BCUT2D eigenvalue weighted by Gasteiger charge is 2.38. The van der Waals surface area contributed by atoms with E-state index in [2.05, 4.69) is 5.10 Å². The molecule has 5 nitrogen and oxygen atoms in total. The molecule has 1 saturated carbocycles. The molecule has 3 rings (SSSR count). The summed E-state index contributed by atoms with van der Waals surface area (Å²) in [6.45, 7) is 4.75. The minimum absolute atomic E-state index is 0.111. The first-order valence-corrected chi connectivity index (χ1v) is 9.74. The van der Waals surface area contributed by atoms with Gasteiger partial charge in [0, 0.05) is 25.3 Å². The molecule has 1 aliphatic rings. The van der Waals surface area contributed by atoms with Crippen LogP contribution in [-0.2, 0) is 16.6 Å². The van der Waals surface area contributed by atoms with E-state index in [0.717, 1.165) is 18.4 Å². The van der Waals surface area contributed by atoms with E-state index in [0.29, 0.717) is 23.7 Å². The Morgan fingerprint density at radius 3 is 2.58 bits per heavy atom.